The molecule has 4 nitrogen and oxygen atoms in total. The zero-order valence-corrected chi connectivity index (χ0v) is 11.1. The smallest absolute Gasteiger partial charge is 0.171 e. The standard InChI is InChI=1S/C16H14N2O2/c1-20-16-5-3-2-4-11(16)14-9-15(19)12-8-10(17)6-7-13(12)18-14/h2-8H,9,17H2,1H3. The number of anilines is 1. The third kappa shape index (κ3) is 2.05. The molecule has 100 valence electrons. The Bertz CT molecular complexity index is 720. The first-order valence-electron chi connectivity index (χ1n) is 6.32. The van der Waals surface area contributed by atoms with Gasteiger partial charge in [-0.2, -0.15) is 0 Å². The van der Waals surface area contributed by atoms with Crippen molar-refractivity contribution >= 4 is 22.9 Å². The van der Waals surface area contributed by atoms with Gasteiger partial charge in [-0.05, 0) is 30.3 Å². The number of rotatable bonds is 2. The highest BCUT2D eigenvalue weighted by atomic mass is 16.5. The van der Waals surface area contributed by atoms with Crippen molar-refractivity contribution in [3.63, 3.8) is 0 Å². The number of ketones is 1. The van der Waals surface area contributed by atoms with E-state index in [-0.39, 0.29) is 12.2 Å². The molecular formula is C16H14N2O2. The van der Waals surface area contributed by atoms with Crippen LogP contribution in [-0.2, 0) is 0 Å². The maximum Gasteiger partial charge on any atom is 0.171 e. The second kappa shape index (κ2) is 4.81. The van der Waals surface area contributed by atoms with Crippen molar-refractivity contribution < 1.29 is 9.53 Å². The quantitative estimate of drug-likeness (QED) is 0.850. The minimum Gasteiger partial charge on any atom is -0.496 e. The van der Waals surface area contributed by atoms with Crippen molar-refractivity contribution in [3.8, 4) is 5.75 Å². The predicted molar refractivity (Wildman–Crippen MR) is 79.0 cm³/mol. The van der Waals surface area contributed by atoms with Crippen LogP contribution in [-0.4, -0.2) is 18.6 Å². The summed E-state index contributed by atoms with van der Waals surface area (Å²) in [6.07, 6.45) is 0.261. The third-order valence-corrected chi connectivity index (χ3v) is 3.32. The number of para-hydroxylation sites is 1. The number of methoxy groups -OCH3 is 1. The maximum absolute atomic E-state index is 12.2. The summed E-state index contributed by atoms with van der Waals surface area (Å²) in [5, 5.41) is 0. The molecule has 4 heteroatoms. The van der Waals surface area contributed by atoms with E-state index < -0.39 is 0 Å². The zero-order chi connectivity index (χ0) is 14.1. The van der Waals surface area contributed by atoms with Crippen molar-refractivity contribution in [2.24, 2.45) is 4.99 Å². The molecule has 1 heterocycles. The molecule has 0 fully saturated rings. The van der Waals surface area contributed by atoms with E-state index in [1.165, 1.54) is 0 Å². The lowest BCUT2D eigenvalue weighted by molar-refractivity contribution is 0.1000. The van der Waals surface area contributed by atoms with E-state index in [0.717, 1.165) is 17.0 Å². The number of fused-ring (bicyclic) bond motifs is 1. The van der Waals surface area contributed by atoms with Gasteiger partial charge in [-0.1, -0.05) is 12.1 Å². The molecule has 1 aliphatic rings. The first-order valence-corrected chi connectivity index (χ1v) is 6.32. The third-order valence-electron chi connectivity index (χ3n) is 3.32. The number of nitrogens with two attached hydrogens (primary N) is 1. The van der Waals surface area contributed by atoms with Crippen molar-refractivity contribution in [3.05, 3.63) is 53.6 Å². The molecular weight excluding hydrogens is 252 g/mol. The number of carbonyl (C=O) groups excluding carboxylic acids is 1. The molecule has 0 bridgehead atoms. The lowest BCUT2D eigenvalue weighted by Crippen LogP contribution is -2.15. The van der Waals surface area contributed by atoms with Crippen LogP contribution >= 0.6 is 0 Å². The SMILES string of the molecule is COc1ccccc1C1=Nc2ccc(N)cc2C(=O)C1. The Labute approximate surface area is 116 Å². The van der Waals surface area contributed by atoms with E-state index in [0.29, 0.717) is 16.9 Å². The molecule has 0 aromatic heterocycles. The van der Waals surface area contributed by atoms with E-state index in [1.807, 2.05) is 24.3 Å². The summed E-state index contributed by atoms with van der Waals surface area (Å²) < 4.78 is 5.33. The first kappa shape index (κ1) is 12.4. The number of carbonyl (C=O) groups is 1. The van der Waals surface area contributed by atoms with Crippen LogP contribution in [0.2, 0.25) is 0 Å². The van der Waals surface area contributed by atoms with Gasteiger partial charge in [0.25, 0.3) is 0 Å². The Morgan fingerprint density at radius 1 is 1.15 bits per heavy atom. The van der Waals surface area contributed by atoms with E-state index in [2.05, 4.69) is 4.99 Å². The highest BCUT2D eigenvalue weighted by Crippen LogP contribution is 2.31. The second-order valence-corrected chi connectivity index (χ2v) is 4.64. The van der Waals surface area contributed by atoms with Gasteiger partial charge in [0.15, 0.2) is 5.78 Å². The number of ether oxygens (including phenoxy) is 1. The summed E-state index contributed by atoms with van der Waals surface area (Å²) in [5.41, 5.74) is 9.12. The molecule has 0 saturated carbocycles. The summed E-state index contributed by atoms with van der Waals surface area (Å²) >= 11 is 0. The molecule has 0 spiro atoms. The average molecular weight is 266 g/mol. The molecule has 0 saturated heterocycles. The number of hydrogen-bond acceptors (Lipinski definition) is 4. The minimum absolute atomic E-state index is 0.0307. The van der Waals surface area contributed by atoms with Crippen molar-refractivity contribution in [2.75, 3.05) is 12.8 Å². The predicted octanol–water partition coefficient (Wildman–Crippen LogP) is 2.98. The second-order valence-electron chi connectivity index (χ2n) is 4.64. The topological polar surface area (TPSA) is 64.7 Å². The Morgan fingerprint density at radius 3 is 2.75 bits per heavy atom. The summed E-state index contributed by atoms with van der Waals surface area (Å²) in [4.78, 5) is 16.8. The van der Waals surface area contributed by atoms with Crippen LogP contribution in [0, 0.1) is 0 Å². The maximum atomic E-state index is 12.2. The van der Waals surface area contributed by atoms with Gasteiger partial charge in [-0.15, -0.1) is 0 Å². The van der Waals surface area contributed by atoms with Crippen LogP contribution in [0.25, 0.3) is 0 Å². The monoisotopic (exact) mass is 266 g/mol. The van der Waals surface area contributed by atoms with Crippen LogP contribution in [0.3, 0.4) is 0 Å². The number of aliphatic imine (C=N–C) groups is 1. The van der Waals surface area contributed by atoms with Crippen molar-refractivity contribution in [1.82, 2.24) is 0 Å². The molecule has 0 aliphatic carbocycles. The Hall–Kier alpha value is -2.62. The molecule has 0 radical (unpaired) electrons. The van der Waals surface area contributed by atoms with Crippen LogP contribution in [0.15, 0.2) is 47.5 Å². The van der Waals surface area contributed by atoms with Crippen LogP contribution in [0.5, 0.6) is 5.75 Å². The molecule has 20 heavy (non-hydrogen) atoms. The Kier molecular flexibility index (Phi) is 2.99. The summed E-state index contributed by atoms with van der Waals surface area (Å²) in [7, 11) is 1.61. The Balaban J connectivity index is 2.13. The van der Waals surface area contributed by atoms with Crippen molar-refractivity contribution in [2.45, 2.75) is 6.42 Å². The van der Waals surface area contributed by atoms with Gasteiger partial charge in [0.05, 0.1) is 24.9 Å². The highest BCUT2D eigenvalue weighted by Gasteiger charge is 2.22. The van der Waals surface area contributed by atoms with Crippen LogP contribution in [0.4, 0.5) is 11.4 Å². The largest absolute Gasteiger partial charge is 0.496 e. The minimum atomic E-state index is 0.0307. The fourth-order valence-electron chi connectivity index (χ4n) is 2.35. The van der Waals surface area contributed by atoms with E-state index in [4.69, 9.17) is 10.5 Å². The number of benzene rings is 2. The molecule has 0 amide bonds. The van der Waals surface area contributed by atoms with Gasteiger partial charge in [0.2, 0.25) is 0 Å². The van der Waals surface area contributed by atoms with Crippen molar-refractivity contribution in [1.29, 1.82) is 0 Å². The van der Waals surface area contributed by atoms with Gasteiger partial charge in [0.1, 0.15) is 5.75 Å². The summed E-state index contributed by atoms with van der Waals surface area (Å²) in [6, 6.07) is 12.8. The average Bonchev–Trinajstić information content (AvgIpc) is 2.47. The fourth-order valence-corrected chi connectivity index (χ4v) is 2.35. The lowest BCUT2D eigenvalue weighted by atomic mass is 9.95. The van der Waals surface area contributed by atoms with E-state index in [1.54, 1.807) is 25.3 Å². The molecule has 2 aromatic rings. The van der Waals surface area contributed by atoms with E-state index in [9.17, 15) is 4.79 Å². The van der Waals surface area contributed by atoms with Gasteiger partial charge >= 0.3 is 0 Å². The van der Waals surface area contributed by atoms with Crippen LogP contribution < -0.4 is 10.5 Å². The molecule has 0 atom stereocenters. The first-order chi connectivity index (χ1) is 9.69. The van der Waals surface area contributed by atoms with Gasteiger partial charge in [-0.3, -0.25) is 9.79 Å². The number of nitrogen functional groups attached to an aromatic ring is 1. The van der Waals surface area contributed by atoms with Gasteiger partial charge < -0.3 is 10.5 Å². The zero-order valence-electron chi connectivity index (χ0n) is 11.1. The molecule has 1 aliphatic heterocycles. The van der Waals surface area contributed by atoms with Gasteiger partial charge in [-0.25, -0.2) is 0 Å². The lowest BCUT2D eigenvalue weighted by Gasteiger charge is -2.16. The number of Topliss-reactive ketones (excluding diaryl/α,β-unsaturated/α-hetero) is 1. The normalized spacial score (nSPS) is 13.7. The van der Waals surface area contributed by atoms with Gasteiger partial charge in [0, 0.05) is 16.8 Å². The summed E-state index contributed by atoms with van der Waals surface area (Å²) in [5.74, 6) is 0.751. The highest BCUT2D eigenvalue weighted by molar-refractivity contribution is 6.21. The fraction of sp³-hybridized carbons (Fsp3) is 0.125. The van der Waals surface area contributed by atoms with E-state index >= 15 is 0 Å². The van der Waals surface area contributed by atoms with Crippen LogP contribution in [0.1, 0.15) is 22.3 Å². The number of hydrogen-bond donors (Lipinski definition) is 1. The molecule has 2 N–H and O–H groups in total. The molecule has 3 rings (SSSR count). The number of nitrogens with zero attached hydrogens (tertiary/aromatic N) is 1. The molecule has 2 aromatic carbocycles. The molecule has 0 unspecified atom stereocenters. The summed E-state index contributed by atoms with van der Waals surface area (Å²) in [6.45, 7) is 0. The Morgan fingerprint density at radius 2 is 1.95 bits per heavy atom.